The van der Waals surface area contributed by atoms with Gasteiger partial charge in [-0.25, -0.2) is 4.98 Å². The molecule has 0 saturated carbocycles. The number of nitrogens with zero attached hydrogens (tertiary/aromatic N) is 2. The predicted molar refractivity (Wildman–Crippen MR) is 115 cm³/mol. The van der Waals surface area contributed by atoms with E-state index in [1.807, 2.05) is 53.9 Å². The van der Waals surface area contributed by atoms with Crippen LogP contribution < -0.4 is 16.2 Å². The largest absolute Gasteiger partial charge is 0.484 e. The minimum atomic E-state index is -0.543. The number of carbonyl (C=O) groups is 1. The van der Waals surface area contributed by atoms with Gasteiger partial charge in [-0.15, -0.1) is 11.3 Å². The van der Waals surface area contributed by atoms with Crippen LogP contribution in [0, 0.1) is 0 Å². The molecule has 0 spiro atoms. The van der Waals surface area contributed by atoms with Gasteiger partial charge in [-0.2, -0.15) is 0 Å². The topological polar surface area (TPSA) is 95.6 Å². The monoisotopic (exact) mass is 426 g/mol. The van der Waals surface area contributed by atoms with E-state index in [0.717, 1.165) is 27.3 Å². The molecule has 0 aliphatic rings. The van der Waals surface area contributed by atoms with E-state index in [0.29, 0.717) is 22.2 Å². The van der Waals surface area contributed by atoms with Crippen molar-refractivity contribution in [2.75, 3.05) is 0 Å². The van der Waals surface area contributed by atoms with Crippen LogP contribution in [0.3, 0.4) is 0 Å². The Hall–Kier alpha value is -2.87. The second-order valence-corrected chi connectivity index (χ2v) is 8.02. The molecule has 4 N–H and O–H groups in total. The normalized spacial score (nSPS) is 12.2. The van der Waals surface area contributed by atoms with Crippen molar-refractivity contribution in [1.82, 2.24) is 9.38 Å². The third-order valence-electron chi connectivity index (χ3n) is 4.62. The number of nitrogens with two attached hydrogens (primary N) is 2. The van der Waals surface area contributed by atoms with Crippen LogP contribution in [0.5, 0.6) is 5.75 Å². The van der Waals surface area contributed by atoms with E-state index in [-0.39, 0.29) is 6.10 Å². The highest BCUT2D eigenvalue weighted by molar-refractivity contribution is 7.17. The maximum Gasteiger partial charge on any atom is 0.262 e. The summed E-state index contributed by atoms with van der Waals surface area (Å²) < 4.78 is 8.03. The van der Waals surface area contributed by atoms with Crippen molar-refractivity contribution in [1.29, 1.82) is 0 Å². The van der Waals surface area contributed by atoms with Crippen LogP contribution in [0.15, 0.2) is 54.9 Å². The molecule has 0 radical (unpaired) electrons. The minimum absolute atomic E-state index is 0.351. The third kappa shape index (κ3) is 3.72. The Kier molecular flexibility index (Phi) is 5.27. The summed E-state index contributed by atoms with van der Waals surface area (Å²) >= 11 is 7.55. The van der Waals surface area contributed by atoms with Crippen molar-refractivity contribution in [3.8, 4) is 16.3 Å². The van der Waals surface area contributed by atoms with Gasteiger partial charge >= 0.3 is 0 Å². The lowest BCUT2D eigenvalue weighted by Crippen LogP contribution is -2.12. The number of thiophene rings is 1. The van der Waals surface area contributed by atoms with Crippen LogP contribution in [0.4, 0.5) is 0 Å². The molecule has 0 saturated heterocycles. The molecule has 6 nitrogen and oxygen atoms in total. The van der Waals surface area contributed by atoms with E-state index >= 15 is 0 Å². The molecule has 0 unspecified atom stereocenters. The first kappa shape index (κ1) is 19.4. The van der Waals surface area contributed by atoms with Gasteiger partial charge in [-0.1, -0.05) is 35.9 Å². The van der Waals surface area contributed by atoms with Gasteiger partial charge in [0.15, 0.2) is 0 Å². The summed E-state index contributed by atoms with van der Waals surface area (Å²) in [5.41, 5.74) is 14.8. The average Bonchev–Trinajstić information content (AvgIpc) is 3.31. The number of carbonyl (C=O) groups excluding carboxylic acids is 1. The van der Waals surface area contributed by atoms with Gasteiger partial charge < -0.3 is 16.2 Å². The number of hydrogen-bond donors (Lipinski definition) is 2. The Balaban J connectivity index is 1.74. The number of pyridine rings is 1. The Morgan fingerprint density at radius 3 is 2.83 bits per heavy atom. The van der Waals surface area contributed by atoms with Crippen molar-refractivity contribution in [2.45, 2.75) is 19.6 Å². The van der Waals surface area contributed by atoms with Gasteiger partial charge in [0.2, 0.25) is 0 Å². The number of aromatic nitrogens is 2. The average molecular weight is 427 g/mol. The second kappa shape index (κ2) is 7.87. The Labute approximate surface area is 176 Å². The summed E-state index contributed by atoms with van der Waals surface area (Å²) in [5, 5.41) is 0.604. The summed E-state index contributed by atoms with van der Waals surface area (Å²) in [6.07, 6.45) is 3.34. The smallest absolute Gasteiger partial charge is 0.262 e. The summed E-state index contributed by atoms with van der Waals surface area (Å²) in [7, 11) is 0. The Bertz CT molecular complexity index is 1200. The first-order valence-corrected chi connectivity index (χ1v) is 10.2. The highest BCUT2D eigenvalue weighted by Gasteiger charge is 2.21. The zero-order valence-corrected chi connectivity index (χ0v) is 17.2. The Morgan fingerprint density at radius 2 is 2.10 bits per heavy atom. The van der Waals surface area contributed by atoms with Gasteiger partial charge in [0, 0.05) is 29.4 Å². The number of fused-ring (bicyclic) bond motifs is 1. The molecule has 0 fully saturated rings. The molecule has 1 amide bonds. The highest BCUT2D eigenvalue weighted by atomic mass is 35.5. The number of ether oxygens (including phenoxy) is 1. The number of primary amides is 1. The first-order chi connectivity index (χ1) is 14.0. The lowest BCUT2D eigenvalue weighted by atomic mass is 10.1. The second-order valence-electron chi connectivity index (χ2n) is 6.56. The number of hydrogen-bond acceptors (Lipinski definition) is 5. The lowest BCUT2D eigenvalue weighted by molar-refractivity contribution is 0.0998. The van der Waals surface area contributed by atoms with Crippen LogP contribution in [0.25, 0.3) is 16.2 Å². The number of benzene rings is 1. The molecule has 4 rings (SSSR count). The third-order valence-corrected chi connectivity index (χ3v) is 6.12. The van der Waals surface area contributed by atoms with Crippen molar-refractivity contribution < 1.29 is 9.53 Å². The van der Waals surface area contributed by atoms with Gasteiger partial charge in [-0.05, 0) is 24.6 Å². The van der Waals surface area contributed by atoms with E-state index in [4.69, 9.17) is 27.8 Å². The summed E-state index contributed by atoms with van der Waals surface area (Å²) in [4.78, 5) is 17.6. The molecule has 0 bridgehead atoms. The zero-order valence-electron chi connectivity index (χ0n) is 15.6. The highest BCUT2D eigenvalue weighted by Crippen LogP contribution is 2.39. The van der Waals surface area contributed by atoms with Gasteiger partial charge in [0.1, 0.15) is 22.4 Å². The van der Waals surface area contributed by atoms with Crippen LogP contribution in [0.1, 0.15) is 33.8 Å². The predicted octanol–water partition coefficient (Wildman–Crippen LogP) is 4.41. The van der Waals surface area contributed by atoms with Gasteiger partial charge in [0.05, 0.1) is 16.8 Å². The fourth-order valence-electron chi connectivity index (χ4n) is 3.15. The molecule has 3 aromatic heterocycles. The van der Waals surface area contributed by atoms with Crippen LogP contribution in [-0.2, 0) is 6.54 Å². The molecule has 29 heavy (non-hydrogen) atoms. The lowest BCUT2D eigenvalue weighted by Gasteiger charge is -2.16. The molecule has 148 valence electrons. The molecular weight excluding hydrogens is 408 g/mol. The summed E-state index contributed by atoms with van der Waals surface area (Å²) in [6.45, 7) is 2.30. The number of imidazole rings is 1. The molecule has 4 aromatic rings. The number of amides is 1. The molecular formula is C21H19ClN4O2S. The summed E-state index contributed by atoms with van der Waals surface area (Å²) in [6, 6.07) is 13.1. The van der Waals surface area contributed by atoms with E-state index in [2.05, 4.69) is 4.98 Å². The van der Waals surface area contributed by atoms with E-state index in [1.54, 1.807) is 12.3 Å². The van der Waals surface area contributed by atoms with Crippen molar-refractivity contribution in [3.63, 3.8) is 0 Å². The standard InChI is InChI=1S/C21H19ClN4O2S/c1-12(14-4-2-3-5-15(14)22)28-17-8-18(29-20(17)21(24)27)16-10-25-19-7-6-13(9-23)11-26(16)19/h2-8,10-12H,9,23H2,1H3,(H2,24,27)/t12-/m1/s1. The van der Waals surface area contributed by atoms with Crippen LogP contribution in [-0.4, -0.2) is 15.3 Å². The maximum atomic E-state index is 12.0. The summed E-state index contributed by atoms with van der Waals surface area (Å²) in [5.74, 6) is -0.117. The molecule has 8 heteroatoms. The van der Waals surface area contributed by atoms with Crippen molar-refractivity contribution in [3.05, 3.63) is 75.9 Å². The molecule has 1 atom stereocenters. The quantitative estimate of drug-likeness (QED) is 0.477. The van der Waals surface area contributed by atoms with E-state index in [9.17, 15) is 4.79 Å². The maximum absolute atomic E-state index is 12.0. The fourth-order valence-corrected chi connectivity index (χ4v) is 4.39. The first-order valence-electron chi connectivity index (χ1n) is 8.99. The van der Waals surface area contributed by atoms with Crippen LogP contribution >= 0.6 is 22.9 Å². The van der Waals surface area contributed by atoms with Crippen LogP contribution in [0.2, 0.25) is 5.02 Å². The molecule has 1 aromatic carbocycles. The van der Waals surface area contributed by atoms with Crippen molar-refractivity contribution in [2.24, 2.45) is 11.5 Å². The van der Waals surface area contributed by atoms with Gasteiger partial charge in [0.25, 0.3) is 5.91 Å². The van der Waals surface area contributed by atoms with Crippen molar-refractivity contribution >= 4 is 34.5 Å². The number of rotatable bonds is 6. The fraction of sp³-hybridized carbons (Fsp3) is 0.143. The molecule has 0 aliphatic heterocycles. The molecule has 3 heterocycles. The Morgan fingerprint density at radius 1 is 1.31 bits per heavy atom. The minimum Gasteiger partial charge on any atom is -0.484 e. The zero-order chi connectivity index (χ0) is 20.5. The van der Waals surface area contributed by atoms with E-state index < -0.39 is 5.91 Å². The molecule has 0 aliphatic carbocycles. The SMILES string of the molecule is C[C@@H](Oc1cc(-c2cnc3ccc(CN)cn23)sc1C(N)=O)c1ccccc1Cl. The number of halogens is 1. The van der Waals surface area contributed by atoms with Gasteiger partial charge in [-0.3, -0.25) is 9.20 Å². The van der Waals surface area contributed by atoms with E-state index in [1.165, 1.54) is 11.3 Å².